The molecule has 1 saturated carbocycles. The highest BCUT2D eigenvalue weighted by molar-refractivity contribution is 6.32. The Kier molecular flexibility index (Phi) is 6.98. The van der Waals surface area contributed by atoms with E-state index in [4.69, 9.17) is 25.8 Å². The standard InChI is InChI=1S/C21H27ClO4/c1-2-3-4-7-12-24-15-10-11-16-19(13-15)25-14-20(21(16)23)26-18-9-6-5-8-17(18)22/h5-6,8-9,14-16,19H,2-4,7,10-13H2,1H3. The summed E-state index contributed by atoms with van der Waals surface area (Å²) in [5, 5.41) is 0.475. The first-order chi connectivity index (χ1) is 12.7. The van der Waals surface area contributed by atoms with E-state index >= 15 is 0 Å². The zero-order chi connectivity index (χ0) is 18.4. The van der Waals surface area contributed by atoms with Gasteiger partial charge in [0, 0.05) is 13.0 Å². The maximum absolute atomic E-state index is 12.8. The van der Waals surface area contributed by atoms with Crippen LogP contribution in [0.3, 0.4) is 0 Å². The van der Waals surface area contributed by atoms with Crippen molar-refractivity contribution in [2.24, 2.45) is 5.92 Å². The van der Waals surface area contributed by atoms with Crippen LogP contribution in [0.2, 0.25) is 5.02 Å². The third-order valence-electron chi connectivity index (χ3n) is 5.08. The molecule has 1 heterocycles. The molecule has 1 aliphatic heterocycles. The van der Waals surface area contributed by atoms with Crippen LogP contribution in [-0.2, 0) is 14.3 Å². The zero-order valence-electron chi connectivity index (χ0n) is 15.3. The molecule has 0 N–H and O–H groups in total. The summed E-state index contributed by atoms with van der Waals surface area (Å²) in [6, 6.07) is 7.12. The number of para-hydroxylation sites is 1. The highest BCUT2D eigenvalue weighted by atomic mass is 35.5. The first-order valence-electron chi connectivity index (χ1n) is 9.63. The quantitative estimate of drug-likeness (QED) is 0.576. The van der Waals surface area contributed by atoms with Gasteiger partial charge in [-0.2, -0.15) is 0 Å². The van der Waals surface area contributed by atoms with E-state index in [9.17, 15) is 4.79 Å². The molecule has 0 amide bonds. The minimum atomic E-state index is -0.155. The topological polar surface area (TPSA) is 44.8 Å². The number of ether oxygens (including phenoxy) is 3. The molecule has 0 aromatic heterocycles. The van der Waals surface area contributed by atoms with Crippen molar-refractivity contribution in [1.29, 1.82) is 0 Å². The van der Waals surface area contributed by atoms with Crippen LogP contribution in [0.1, 0.15) is 51.9 Å². The van der Waals surface area contributed by atoms with Crippen LogP contribution in [0, 0.1) is 5.92 Å². The lowest BCUT2D eigenvalue weighted by atomic mass is 9.80. The summed E-state index contributed by atoms with van der Waals surface area (Å²) in [5.41, 5.74) is 0. The van der Waals surface area contributed by atoms with Gasteiger partial charge in [-0.05, 0) is 31.4 Å². The van der Waals surface area contributed by atoms with E-state index in [1.165, 1.54) is 25.5 Å². The second-order valence-electron chi connectivity index (χ2n) is 7.03. The van der Waals surface area contributed by atoms with Crippen LogP contribution in [0.25, 0.3) is 0 Å². The van der Waals surface area contributed by atoms with Crippen LogP contribution in [0.15, 0.2) is 36.3 Å². The number of rotatable bonds is 8. The minimum Gasteiger partial charge on any atom is -0.493 e. The molecule has 2 aliphatic rings. The van der Waals surface area contributed by atoms with Crippen molar-refractivity contribution in [3.63, 3.8) is 0 Å². The number of halogens is 1. The van der Waals surface area contributed by atoms with Gasteiger partial charge < -0.3 is 14.2 Å². The van der Waals surface area contributed by atoms with Gasteiger partial charge in [0.05, 0.1) is 17.0 Å². The smallest absolute Gasteiger partial charge is 0.208 e. The Morgan fingerprint density at radius 1 is 1.19 bits per heavy atom. The summed E-state index contributed by atoms with van der Waals surface area (Å²) in [6.07, 6.45) is 8.75. The summed E-state index contributed by atoms with van der Waals surface area (Å²) in [5.74, 6) is 0.554. The number of hydrogen-bond acceptors (Lipinski definition) is 4. The lowest BCUT2D eigenvalue weighted by Crippen LogP contribution is -2.42. The normalized spacial score (nSPS) is 25.2. The van der Waals surface area contributed by atoms with Crippen LogP contribution < -0.4 is 4.74 Å². The Morgan fingerprint density at radius 2 is 2.04 bits per heavy atom. The average molecular weight is 379 g/mol. The third kappa shape index (κ3) is 4.80. The Morgan fingerprint density at radius 3 is 2.85 bits per heavy atom. The molecule has 26 heavy (non-hydrogen) atoms. The number of hydrogen-bond donors (Lipinski definition) is 0. The summed E-state index contributed by atoms with van der Waals surface area (Å²) in [4.78, 5) is 12.8. The van der Waals surface area contributed by atoms with Gasteiger partial charge in [-0.1, -0.05) is 49.9 Å². The Hall–Kier alpha value is -1.52. The Balaban J connectivity index is 1.53. The first kappa shape index (κ1) is 19.2. The lowest BCUT2D eigenvalue weighted by Gasteiger charge is -2.37. The van der Waals surface area contributed by atoms with Crippen LogP contribution in [0.5, 0.6) is 5.75 Å². The average Bonchev–Trinajstić information content (AvgIpc) is 2.65. The van der Waals surface area contributed by atoms with Gasteiger partial charge in [-0.15, -0.1) is 0 Å². The predicted octanol–water partition coefficient (Wildman–Crippen LogP) is 5.29. The highest BCUT2D eigenvalue weighted by Crippen LogP contribution is 2.36. The Labute approximate surface area is 160 Å². The number of benzene rings is 1. The van der Waals surface area contributed by atoms with Crippen LogP contribution in [0.4, 0.5) is 0 Å². The van der Waals surface area contributed by atoms with Gasteiger partial charge in [-0.3, -0.25) is 4.79 Å². The molecule has 0 saturated heterocycles. The molecule has 3 atom stereocenters. The van der Waals surface area contributed by atoms with E-state index in [0.717, 1.165) is 32.3 Å². The van der Waals surface area contributed by atoms with Crippen molar-refractivity contribution in [2.45, 2.75) is 64.1 Å². The number of unbranched alkanes of at least 4 members (excludes halogenated alkanes) is 3. The molecule has 1 fully saturated rings. The molecule has 0 spiro atoms. The summed E-state index contributed by atoms with van der Waals surface area (Å²) in [6.45, 7) is 3.00. The molecule has 5 heteroatoms. The highest BCUT2D eigenvalue weighted by Gasteiger charge is 2.41. The molecular weight excluding hydrogens is 352 g/mol. The van der Waals surface area contributed by atoms with E-state index in [1.807, 2.05) is 12.1 Å². The van der Waals surface area contributed by atoms with Gasteiger partial charge >= 0.3 is 0 Å². The van der Waals surface area contributed by atoms with E-state index in [1.54, 1.807) is 12.1 Å². The van der Waals surface area contributed by atoms with Crippen molar-refractivity contribution in [3.8, 4) is 5.75 Å². The maximum atomic E-state index is 12.8. The summed E-state index contributed by atoms with van der Waals surface area (Å²) >= 11 is 6.11. The van der Waals surface area contributed by atoms with Gasteiger partial charge in [-0.25, -0.2) is 0 Å². The van der Waals surface area contributed by atoms with E-state index < -0.39 is 0 Å². The van der Waals surface area contributed by atoms with Gasteiger partial charge in [0.15, 0.2) is 0 Å². The maximum Gasteiger partial charge on any atom is 0.208 e. The molecule has 0 bridgehead atoms. The van der Waals surface area contributed by atoms with Crippen molar-refractivity contribution in [2.75, 3.05) is 6.61 Å². The number of fused-ring (bicyclic) bond motifs is 1. The molecular formula is C21H27ClO4. The number of carbonyl (C=O) groups excluding carboxylic acids is 1. The third-order valence-corrected chi connectivity index (χ3v) is 5.39. The van der Waals surface area contributed by atoms with E-state index in [0.29, 0.717) is 10.8 Å². The molecule has 0 radical (unpaired) electrons. The van der Waals surface area contributed by atoms with Crippen LogP contribution in [-0.4, -0.2) is 24.6 Å². The SMILES string of the molecule is CCCCCCOC1CCC2C(=O)C(Oc3ccccc3Cl)=COC2C1. The minimum absolute atomic E-state index is 0.00238. The monoisotopic (exact) mass is 378 g/mol. The van der Waals surface area contributed by atoms with Crippen molar-refractivity contribution in [1.82, 2.24) is 0 Å². The van der Waals surface area contributed by atoms with E-state index in [-0.39, 0.29) is 29.7 Å². The summed E-state index contributed by atoms with van der Waals surface area (Å²) in [7, 11) is 0. The van der Waals surface area contributed by atoms with Crippen molar-refractivity contribution >= 4 is 17.4 Å². The summed E-state index contributed by atoms with van der Waals surface area (Å²) < 4.78 is 17.5. The molecule has 142 valence electrons. The lowest BCUT2D eigenvalue weighted by molar-refractivity contribution is -0.133. The molecule has 3 unspecified atom stereocenters. The number of carbonyl (C=O) groups is 1. The fourth-order valence-electron chi connectivity index (χ4n) is 3.58. The van der Waals surface area contributed by atoms with E-state index in [2.05, 4.69) is 6.92 Å². The number of ketones is 1. The van der Waals surface area contributed by atoms with Crippen LogP contribution >= 0.6 is 11.6 Å². The molecule has 1 aromatic carbocycles. The molecule has 1 aliphatic carbocycles. The molecule has 1 aromatic rings. The largest absolute Gasteiger partial charge is 0.493 e. The first-order valence-corrected chi connectivity index (χ1v) is 10.0. The second kappa shape index (κ2) is 9.43. The van der Waals surface area contributed by atoms with Gasteiger partial charge in [0.25, 0.3) is 0 Å². The molecule has 4 nitrogen and oxygen atoms in total. The fourth-order valence-corrected chi connectivity index (χ4v) is 3.76. The van der Waals surface area contributed by atoms with Gasteiger partial charge in [0.1, 0.15) is 18.1 Å². The Bertz CT molecular complexity index is 643. The predicted molar refractivity (Wildman–Crippen MR) is 101 cm³/mol. The number of allylic oxidation sites excluding steroid dienone is 1. The van der Waals surface area contributed by atoms with Gasteiger partial charge in [0.2, 0.25) is 11.5 Å². The van der Waals surface area contributed by atoms with Crippen molar-refractivity contribution in [3.05, 3.63) is 41.3 Å². The number of Topliss-reactive ketones (excluding diaryl/α,β-unsaturated/α-hetero) is 1. The van der Waals surface area contributed by atoms with Crippen molar-refractivity contribution < 1.29 is 19.0 Å². The second-order valence-corrected chi connectivity index (χ2v) is 7.43. The molecule has 3 rings (SSSR count). The zero-order valence-corrected chi connectivity index (χ0v) is 16.0. The fraction of sp³-hybridized carbons (Fsp3) is 0.571.